The van der Waals surface area contributed by atoms with E-state index in [1.165, 1.54) is 0 Å². The second-order valence-electron chi connectivity index (χ2n) is 6.05. The summed E-state index contributed by atoms with van der Waals surface area (Å²) in [5.74, 6) is 0.546. The van der Waals surface area contributed by atoms with Gasteiger partial charge in [-0.05, 0) is 44.0 Å². The molecule has 2 N–H and O–H groups in total. The molecule has 1 aliphatic heterocycles. The van der Waals surface area contributed by atoms with E-state index in [0.29, 0.717) is 22.7 Å². The first-order valence-corrected chi connectivity index (χ1v) is 7.87. The molecule has 0 saturated heterocycles. The molecule has 2 aromatic carbocycles. The quantitative estimate of drug-likeness (QED) is 0.914. The highest BCUT2D eigenvalue weighted by Gasteiger charge is 2.38. The molecule has 25 heavy (non-hydrogen) atoms. The first-order valence-electron chi connectivity index (χ1n) is 7.87. The number of alkyl halides is 2. The summed E-state index contributed by atoms with van der Waals surface area (Å²) in [6.45, 7) is 2.39. The molecule has 0 spiro atoms. The molecular weight excluding hydrogens is 324 g/mol. The Labute approximate surface area is 145 Å². The number of benzene rings is 2. The highest BCUT2D eigenvalue weighted by molar-refractivity contribution is 6.41. The second kappa shape index (κ2) is 6.27. The molecule has 0 amide bonds. The van der Waals surface area contributed by atoms with Crippen LogP contribution in [0, 0.1) is 13.8 Å². The van der Waals surface area contributed by atoms with Gasteiger partial charge in [-0.3, -0.25) is 0 Å². The number of nitrogens with zero attached hydrogens (tertiary/aromatic N) is 2. The van der Waals surface area contributed by atoms with E-state index < -0.39 is 12.3 Å². The van der Waals surface area contributed by atoms with Crippen LogP contribution in [0.25, 0.3) is 0 Å². The predicted molar refractivity (Wildman–Crippen MR) is 94.5 cm³/mol. The SMILES string of the molecule is CC1=NC(c2ccccc2)(c2cc(C)c(OC(F)F)c(C)c2)N=C1N. The summed E-state index contributed by atoms with van der Waals surface area (Å²) in [5.41, 5.74) is 8.45. The lowest BCUT2D eigenvalue weighted by Crippen LogP contribution is -2.22. The van der Waals surface area contributed by atoms with Gasteiger partial charge in [-0.1, -0.05) is 30.3 Å². The number of aryl methyl sites for hydroxylation is 2. The van der Waals surface area contributed by atoms with E-state index in [4.69, 9.17) is 10.7 Å². The van der Waals surface area contributed by atoms with Gasteiger partial charge in [-0.25, -0.2) is 9.98 Å². The van der Waals surface area contributed by atoms with Gasteiger partial charge < -0.3 is 10.5 Å². The third kappa shape index (κ3) is 2.99. The van der Waals surface area contributed by atoms with Crippen LogP contribution in [0.3, 0.4) is 0 Å². The van der Waals surface area contributed by atoms with Crippen molar-refractivity contribution in [1.29, 1.82) is 0 Å². The molecule has 1 heterocycles. The Kier molecular flexibility index (Phi) is 4.29. The Hall–Kier alpha value is -2.76. The minimum Gasteiger partial charge on any atom is -0.434 e. The fourth-order valence-corrected chi connectivity index (χ4v) is 3.10. The van der Waals surface area contributed by atoms with Crippen molar-refractivity contribution < 1.29 is 13.5 Å². The molecule has 0 saturated carbocycles. The molecule has 1 unspecified atom stereocenters. The molecule has 0 aromatic heterocycles. The van der Waals surface area contributed by atoms with Gasteiger partial charge >= 0.3 is 6.61 Å². The summed E-state index contributed by atoms with van der Waals surface area (Å²) in [6.07, 6.45) is 0. The lowest BCUT2D eigenvalue weighted by atomic mass is 9.90. The number of rotatable bonds is 4. The minimum atomic E-state index is -2.87. The van der Waals surface area contributed by atoms with Crippen LogP contribution in [0.4, 0.5) is 8.78 Å². The van der Waals surface area contributed by atoms with Crippen molar-refractivity contribution in [2.75, 3.05) is 0 Å². The maximum Gasteiger partial charge on any atom is 0.387 e. The number of amidine groups is 1. The van der Waals surface area contributed by atoms with E-state index in [0.717, 1.165) is 11.1 Å². The van der Waals surface area contributed by atoms with Gasteiger partial charge in [0.1, 0.15) is 11.6 Å². The molecule has 130 valence electrons. The number of hydrogen-bond donors (Lipinski definition) is 1. The van der Waals surface area contributed by atoms with Crippen LogP contribution < -0.4 is 10.5 Å². The second-order valence-corrected chi connectivity index (χ2v) is 6.05. The van der Waals surface area contributed by atoms with Crippen LogP contribution in [0.5, 0.6) is 5.75 Å². The molecule has 0 aliphatic carbocycles. The van der Waals surface area contributed by atoms with Crippen LogP contribution in [0.2, 0.25) is 0 Å². The Morgan fingerprint density at radius 2 is 1.56 bits per heavy atom. The third-order valence-corrected chi connectivity index (χ3v) is 4.23. The number of halogens is 2. The largest absolute Gasteiger partial charge is 0.434 e. The molecule has 1 aliphatic rings. The van der Waals surface area contributed by atoms with Gasteiger partial charge in [0.2, 0.25) is 5.66 Å². The van der Waals surface area contributed by atoms with Crippen molar-refractivity contribution in [2.24, 2.45) is 15.7 Å². The standard InChI is InChI=1S/C19H19F2N3O/c1-11-9-15(10-12(2)16(11)25-18(20)21)19(14-7-5-4-6-8-14)23-13(3)17(22)24-19/h4-10,18H,1-3H3,(H2,22,24). The lowest BCUT2D eigenvalue weighted by Gasteiger charge is -2.26. The fraction of sp³-hybridized carbons (Fsp3) is 0.263. The van der Waals surface area contributed by atoms with Crippen molar-refractivity contribution >= 4 is 11.5 Å². The molecule has 3 rings (SSSR count). The maximum atomic E-state index is 12.6. The maximum absolute atomic E-state index is 12.6. The van der Waals surface area contributed by atoms with Crippen LogP contribution in [-0.4, -0.2) is 18.2 Å². The lowest BCUT2D eigenvalue weighted by molar-refractivity contribution is -0.0507. The Morgan fingerprint density at radius 1 is 0.960 bits per heavy atom. The molecule has 0 fully saturated rings. The number of ether oxygens (including phenoxy) is 1. The van der Waals surface area contributed by atoms with E-state index >= 15 is 0 Å². The minimum absolute atomic E-state index is 0.178. The molecule has 4 nitrogen and oxygen atoms in total. The van der Waals surface area contributed by atoms with E-state index in [2.05, 4.69) is 9.73 Å². The van der Waals surface area contributed by atoms with E-state index in [1.807, 2.05) is 30.3 Å². The molecule has 0 radical (unpaired) electrons. The third-order valence-electron chi connectivity index (χ3n) is 4.23. The average molecular weight is 343 g/mol. The Balaban J connectivity index is 2.20. The normalized spacial score (nSPS) is 19.8. The van der Waals surface area contributed by atoms with Crippen molar-refractivity contribution in [3.05, 3.63) is 64.7 Å². The molecule has 6 heteroatoms. The highest BCUT2D eigenvalue weighted by atomic mass is 19.3. The van der Waals surface area contributed by atoms with Gasteiger partial charge in [0.25, 0.3) is 0 Å². The average Bonchev–Trinajstić information content (AvgIpc) is 2.88. The monoisotopic (exact) mass is 343 g/mol. The van der Waals surface area contributed by atoms with E-state index in [9.17, 15) is 8.78 Å². The smallest absolute Gasteiger partial charge is 0.387 e. The number of nitrogens with two attached hydrogens (primary N) is 1. The van der Waals surface area contributed by atoms with Crippen LogP contribution in [-0.2, 0) is 5.66 Å². The van der Waals surface area contributed by atoms with Gasteiger partial charge in [-0.15, -0.1) is 0 Å². The van der Waals surface area contributed by atoms with Crippen LogP contribution in [0.15, 0.2) is 52.4 Å². The zero-order valence-electron chi connectivity index (χ0n) is 14.3. The highest BCUT2D eigenvalue weighted by Crippen LogP contribution is 2.41. The summed E-state index contributed by atoms with van der Waals surface area (Å²) in [7, 11) is 0. The van der Waals surface area contributed by atoms with Crippen molar-refractivity contribution in [3.63, 3.8) is 0 Å². The molecule has 1 atom stereocenters. The van der Waals surface area contributed by atoms with Gasteiger partial charge in [-0.2, -0.15) is 8.78 Å². The van der Waals surface area contributed by atoms with Crippen LogP contribution >= 0.6 is 0 Å². The summed E-state index contributed by atoms with van der Waals surface area (Å²) >= 11 is 0. The zero-order valence-corrected chi connectivity index (χ0v) is 14.3. The number of aliphatic imine (C=N–C) groups is 2. The summed E-state index contributed by atoms with van der Waals surface area (Å²) in [6, 6.07) is 13.1. The predicted octanol–water partition coefficient (Wildman–Crippen LogP) is 3.94. The fourth-order valence-electron chi connectivity index (χ4n) is 3.10. The first kappa shape index (κ1) is 17.1. The molecule has 0 bridgehead atoms. The van der Waals surface area contributed by atoms with Crippen LogP contribution in [0.1, 0.15) is 29.2 Å². The van der Waals surface area contributed by atoms with E-state index in [1.54, 1.807) is 32.9 Å². The van der Waals surface area contributed by atoms with Crippen molar-refractivity contribution in [3.8, 4) is 5.75 Å². The Bertz CT molecular complexity index is 819. The molecule has 2 aromatic rings. The van der Waals surface area contributed by atoms with Gasteiger partial charge in [0, 0.05) is 11.1 Å². The van der Waals surface area contributed by atoms with Gasteiger partial charge in [0.05, 0.1) is 5.71 Å². The summed E-state index contributed by atoms with van der Waals surface area (Å²) in [4.78, 5) is 9.33. The summed E-state index contributed by atoms with van der Waals surface area (Å²) < 4.78 is 29.9. The topological polar surface area (TPSA) is 60.0 Å². The number of hydrogen-bond acceptors (Lipinski definition) is 4. The van der Waals surface area contributed by atoms with Crippen molar-refractivity contribution in [1.82, 2.24) is 0 Å². The summed E-state index contributed by atoms with van der Waals surface area (Å²) in [5, 5.41) is 0. The zero-order chi connectivity index (χ0) is 18.2. The van der Waals surface area contributed by atoms with Gasteiger partial charge in [0.15, 0.2) is 0 Å². The van der Waals surface area contributed by atoms with E-state index in [-0.39, 0.29) is 5.75 Å². The Morgan fingerprint density at radius 3 is 2.04 bits per heavy atom. The first-order chi connectivity index (χ1) is 11.8. The van der Waals surface area contributed by atoms with Crippen molar-refractivity contribution in [2.45, 2.75) is 33.0 Å². The molecular formula is C19H19F2N3O.